The molecule has 0 radical (unpaired) electrons. The Morgan fingerprint density at radius 3 is 2.87 bits per heavy atom. The molecule has 1 aromatic heterocycles. The van der Waals surface area contributed by atoms with E-state index in [1.54, 1.807) is 24.4 Å². The molecule has 1 aromatic carbocycles. The number of anilines is 1. The number of imidazole rings is 1. The number of hydrogen-bond acceptors (Lipinski definition) is 3. The second-order valence-corrected chi connectivity index (χ2v) is 3.33. The zero-order valence-corrected chi connectivity index (χ0v) is 8.28. The number of nitrogens with two attached hydrogens (primary N) is 1. The largest absolute Gasteiger partial charge is 0.399 e. The molecule has 4 nitrogen and oxygen atoms in total. The van der Waals surface area contributed by atoms with Gasteiger partial charge >= 0.3 is 0 Å². The van der Waals surface area contributed by atoms with Gasteiger partial charge < -0.3 is 10.7 Å². The van der Waals surface area contributed by atoms with Crippen LogP contribution in [0, 0.1) is 18.3 Å². The lowest BCUT2D eigenvalue weighted by molar-refractivity contribution is 1.25. The van der Waals surface area contributed by atoms with Crippen LogP contribution in [0.25, 0.3) is 11.4 Å². The van der Waals surface area contributed by atoms with E-state index in [9.17, 15) is 0 Å². The summed E-state index contributed by atoms with van der Waals surface area (Å²) in [6, 6.07) is 7.31. The monoisotopic (exact) mass is 198 g/mol. The highest BCUT2D eigenvalue weighted by Gasteiger charge is 2.07. The maximum atomic E-state index is 8.96. The molecule has 4 heteroatoms. The molecule has 0 saturated carbocycles. The number of H-pyrrole nitrogens is 1. The predicted molar refractivity (Wildman–Crippen MR) is 57.9 cm³/mol. The van der Waals surface area contributed by atoms with Crippen molar-refractivity contribution in [1.29, 1.82) is 5.26 Å². The van der Waals surface area contributed by atoms with E-state index in [1.165, 1.54) is 0 Å². The molecule has 2 aromatic rings. The summed E-state index contributed by atoms with van der Waals surface area (Å²) in [5, 5.41) is 8.96. The normalized spacial score (nSPS) is 9.87. The van der Waals surface area contributed by atoms with Crippen LogP contribution in [0.1, 0.15) is 11.3 Å². The maximum absolute atomic E-state index is 8.96. The van der Waals surface area contributed by atoms with Crippen LogP contribution in [-0.2, 0) is 0 Å². The molecule has 15 heavy (non-hydrogen) atoms. The molecule has 0 unspecified atom stereocenters. The third-order valence-electron chi connectivity index (χ3n) is 2.12. The predicted octanol–water partition coefficient (Wildman–Crippen LogP) is 1.84. The maximum Gasteiger partial charge on any atom is 0.138 e. The van der Waals surface area contributed by atoms with Gasteiger partial charge in [0.2, 0.25) is 0 Å². The first kappa shape index (κ1) is 9.28. The molecule has 0 aliphatic carbocycles. The molecular formula is C11H10N4. The SMILES string of the molecule is Cc1cnc(-c2ccc(N)cc2C#N)[nH]1. The van der Waals surface area contributed by atoms with Crippen LogP contribution in [0.4, 0.5) is 5.69 Å². The van der Waals surface area contributed by atoms with E-state index in [4.69, 9.17) is 11.0 Å². The summed E-state index contributed by atoms with van der Waals surface area (Å²) in [7, 11) is 0. The molecule has 0 fully saturated rings. The Morgan fingerprint density at radius 2 is 2.27 bits per heavy atom. The van der Waals surface area contributed by atoms with Crippen molar-refractivity contribution in [2.24, 2.45) is 0 Å². The van der Waals surface area contributed by atoms with Crippen molar-refractivity contribution in [2.75, 3.05) is 5.73 Å². The van der Waals surface area contributed by atoms with E-state index in [1.807, 2.05) is 6.92 Å². The standard InChI is InChI=1S/C11H10N4/c1-7-6-14-11(15-7)10-3-2-9(13)4-8(10)5-12/h2-4,6H,13H2,1H3,(H,14,15). The summed E-state index contributed by atoms with van der Waals surface area (Å²) in [4.78, 5) is 7.26. The van der Waals surface area contributed by atoms with Crippen molar-refractivity contribution >= 4 is 5.69 Å². The number of rotatable bonds is 1. The zero-order valence-electron chi connectivity index (χ0n) is 8.28. The average molecular weight is 198 g/mol. The van der Waals surface area contributed by atoms with Crippen LogP contribution in [0.2, 0.25) is 0 Å². The van der Waals surface area contributed by atoms with E-state index in [0.717, 1.165) is 11.3 Å². The van der Waals surface area contributed by atoms with Crippen molar-refractivity contribution in [3.63, 3.8) is 0 Å². The Hall–Kier alpha value is -2.28. The van der Waals surface area contributed by atoms with Gasteiger partial charge in [0.05, 0.1) is 11.6 Å². The summed E-state index contributed by atoms with van der Waals surface area (Å²) in [6.07, 6.45) is 1.73. The molecule has 2 rings (SSSR count). The number of aryl methyl sites for hydroxylation is 1. The molecule has 0 aliphatic rings. The van der Waals surface area contributed by atoms with Gasteiger partial charge in [0.25, 0.3) is 0 Å². The third-order valence-corrected chi connectivity index (χ3v) is 2.12. The number of aromatic amines is 1. The minimum atomic E-state index is 0.532. The highest BCUT2D eigenvalue weighted by atomic mass is 14.9. The number of benzene rings is 1. The quantitative estimate of drug-likeness (QED) is 0.686. The van der Waals surface area contributed by atoms with Crippen LogP contribution >= 0.6 is 0 Å². The van der Waals surface area contributed by atoms with Crippen LogP contribution in [-0.4, -0.2) is 9.97 Å². The van der Waals surface area contributed by atoms with Gasteiger partial charge in [-0.2, -0.15) is 5.26 Å². The molecular weight excluding hydrogens is 188 g/mol. The Bertz CT molecular complexity index is 534. The lowest BCUT2D eigenvalue weighted by atomic mass is 10.1. The number of nitrogens with one attached hydrogen (secondary N) is 1. The average Bonchev–Trinajstić information content (AvgIpc) is 2.64. The molecule has 0 bridgehead atoms. The summed E-state index contributed by atoms with van der Waals surface area (Å²) in [5.41, 5.74) is 8.46. The fourth-order valence-corrected chi connectivity index (χ4v) is 1.41. The number of aromatic nitrogens is 2. The molecule has 0 saturated heterocycles. The van der Waals surface area contributed by atoms with E-state index < -0.39 is 0 Å². The van der Waals surface area contributed by atoms with Crippen molar-refractivity contribution in [3.8, 4) is 17.5 Å². The van der Waals surface area contributed by atoms with Gasteiger partial charge in [-0.3, -0.25) is 0 Å². The molecule has 3 N–H and O–H groups in total. The van der Waals surface area contributed by atoms with Crippen molar-refractivity contribution < 1.29 is 0 Å². The van der Waals surface area contributed by atoms with Gasteiger partial charge in [0.1, 0.15) is 5.82 Å². The number of nitrogen functional groups attached to an aromatic ring is 1. The van der Waals surface area contributed by atoms with E-state index in [2.05, 4.69) is 16.0 Å². The summed E-state index contributed by atoms with van der Waals surface area (Å²) in [5.74, 6) is 0.698. The smallest absolute Gasteiger partial charge is 0.138 e. The minimum Gasteiger partial charge on any atom is -0.399 e. The third kappa shape index (κ3) is 1.67. The number of nitriles is 1. The highest BCUT2D eigenvalue weighted by Crippen LogP contribution is 2.22. The lowest BCUT2D eigenvalue weighted by Crippen LogP contribution is -1.90. The second-order valence-electron chi connectivity index (χ2n) is 3.33. The lowest BCUT2D eigenvalue weighted by Gasteiger charge is -2.01. The van der Waals surface area contributed by atoms with Crippen molar-refractivity contribution in [3.05, 3.63) is 35.7 Å². The molecule has 74 valence electrons. The van der Waals surface area contributed by atoms with Crippen molar-refractivity contribution in [1.82, 2.24) is 9.97 Å². The fourth-order valence-electron chi connectivity index (χ4n) is 1.41. The van der Waals surface area contributed by atoms with Crippen LogP contribution in [0.15, 0.2) is 24.4 Å². The fraction of sp³-hybridized carbons (Fsp3) is 0.0909. The first-order valence-electron chi connectivity index (χ1n) is 4.52. The minimum absolute atomic E-state index is 0.532. The molecule has 0 aliphatic heterocycles. The summed E-state index contributed by atoms with van der Waals surface area (Å²) in [6.45, 7) is 1.92. The molecule has 0 spiro atoms. The van der Waals surface area contributed by atoms with Gasteiger partial charge in [0, 0.05) is 23.1 Å². The van der Waals surface area contributed by atoms with Gasteiger partial charge in [-0.05, 0) is 25.1 Å². The summed E-state index contributed by atoms with van der Waals surface area (Å²) >= 11 is 0. The van der Waals surface area contributed by atoms with Crippen LogP contribution in [0.3, 0.4) is 0 Å². The van der Waals surface area contributed by atoms with Crippen molar-refractivity contribution in [2.45, 2.75) is 6.92 Å². The van der Waals surface area contributed by atoms with Gasteiger partial charge in [-0.1, -0.05) is 0 Å². The Kier molecular flexibility index (Phi) is 2.14. The van der Waals surface area contributed by atoms with Gasteiger partial charge in [-0.25, -0.2) is 4.98 Å². The van der Waals surface area contributed by atoms with Gasteiger partial charge in [-0.15, -0.1) is 0 Å². The number of hydrogen-bond donors (Lipinski definition) is 2. The van der Waals surface area contributed by atoms with E-state index >= 15 is 0 Å². The van der Waals surface area contributed by atoms with Gasteiger partial charge in [0.15, 0.2) is 0 Å². The molecule has 0 atom stereocenters. The zero-order chi connectivity index (χ0) is 10.8. The van der Waals surface area contributed by atoms with Crippen LogP contribution in [0.5, 0.6) is 0 Å². The number of nitrogens with zero attached hydrogens (tertiary/aromatic N) is 2. The molecule has 1 heterocycles. The highest BCUT2D eigenvalue weighted by molar-refractivity contribution is 5.68. The first-order valence-corrected chi connectivity index (χ1v) is 4.52. The summed E-state index contributed by atoms with van der Waals surface area (Å²) < 4.78 is 0. The molecule has 0 amide bonds. The first-order chi connectivity index (χ1) is 7.20. The van der Waals surface area contributed by atoms with Crippen LogP contribution < -0.4 is 5.73 Å². The Balaban J connectivity index is 2.58. The van der Waals surface area contributed by atoms with E-state index in [-0.39, 0.29) is 0 Å². The Labute approximate surface area is 87.4 Å². The second kappa shape index (κ2) is 3.46. The Morgan fingerprint density at radius 1 is 1.47 bits per heavy atom. The topological polar surface area (TPSA) is 78.5 Å². The van der Waals surface area contributed by atoms with E-state index in [0.29, 0.717) is 17.1 Å².